The van der Waals surface area contributed by atoms with Gasteiger partial charge in [0.15, 0.2) is 0 Å². The van der Waals surface area contributed by atoms with E-state index in [4.69, 9.17) is 9.72 Å². The van der Waals surface area contributed by atoms with Crippen LogP contribution in [0.15, 0.2) is 24.3 Å². The summed E-state index contributed by atoms with van der Waals surface area (Å²) in [6, 6.07) is 8.56. The number of thiophene rings is 1. The van der Waals surface area contributed by atoms with Gasteiger partial charge in [-0.2, -0.15) is 0 Å². The minimum atomic E-state index is 0.0887. The summed E-state index contributed by atoms with van der Waals surface area (Å²) in [5.74, 6) is 0.800. The molecule has 0 saturated carbocycles. The number of amides is 1. The molecule has 2 aromatic heterocycles. The Morgan fingerprint density at radius 2 is 2.03 bits per heavy atom. The summed E-state index contributed by atoms with van der Waals surface area (Å²) < 4.78 is 5.48. The van der Waals surface area contributed by atoms with Crippen molar-refractivity contribution >= 4 is 27.5 Å². The third-order valence-corrected chi connectivity index (χ3v) is 7.59. The van der Waals surface area contributed by atoms with Gasteiger partial charge in [-0.1, -0.05) is 36.8 Å². The number of pyridine rings is 1. The van der Waals surface area contributed by atoms with E-state index in [-0.39, 0.29) is 5.91 Å². The molecule has 1 atom stereocenters. The predicted octanol–water partition coefficient (Wildman–Crippen LogP) is 5.18. The van der Waals surface area contributed by atoms with Gasteiger partial charge in [0.05, 0.1) is 24.5 Å². The largest absolute Gasteiger partial charge is 0.378 e. The second kappa shape index (κ2) is 7.78. The van der Waals surface area contributed by atoms with Crippen molar-refractivity contribution < 1.29 is 9.53 Å². The number of morpholine rings is 1. The first-order valence-electron chi connectivity index (χ1n) is 10.9. The Labute approximate surface area is 181 Å². The fourth-order valence-corrected chi connectivity index (χ4v) is 6.30. The highest BCUT2D eigenvalue weighted by Crippen LogP contribution is 2.44. The molecule has 3 heterocycles. The standard InChI is InChI=1S/C25H28N2O2S/c1-15-5-4-6-18(13-15)22-21(25(28)27-9-11-29-12-10-27)17(3)26-24-23(22)19-8-7-16(2)14-20(19)30-24/h4-6,13,16H,7-12,14H2,1-3H3. The van der Waals surface area contributed by atoms with Crippen molar-refractivity contribution in [3.05, 3.63) is 51.5 Å². The fraction of sp³-hybridized carbons (Fsp3) is 0.440. The van der Waals surface area contributed by atoms with Crippen molar-refractivity contribution in [2.45, 2.75) is 40.0 Å². The number of benzene rings is 1. The zero-order valence-electron chi connectivity index (χ0n) is 18.0. The zero-order chi connectivity index (χ0) is 20.8. The molecule has 1 amide bonds. The van der Waals surface area contributed by atoms with Crippen molar-refractivity contribution in [3.8, 4) is 11.1 Å². The molecular formula is C25H28N2O2S. The van der Waals surface area contributed by atoms with E-state index in [1.54, 1.807) is 0 Å². The Bertz CT molecular complexity index is 1130. The summed E-state index contributed by atoms with van der Waals surface area (Å²) in [5.41, 5.74) is 6.45. The second-order valence-corrected chi connectivity index (χ2v) is 9.84. The van der Waals surface area contributed by atoms with Crippen LogP contribution in [0.3, 0.4) is 0 Å². The number of aryl methyl sites for hydroxylation is 3. The van der Waals surface area contributed by atoms with Gasteiger partial charge in [0.25, 0.3) is 5.91 Å². The molecule has 156 valence electrons. The maximum atomic E-state index is 13.7. The van der Waals surface area contributed by atoms with Gasteiger partial charge in [-0.15, -0.1) is 11.3 Å². The van der Waals surface area contributed by atoms with Crippen LogP contribution in [0.1, 0.15) is 45.4 Å². The number of hydrogen-bond donors (Lipinski definition) is 0. The van der Waals surface area contributed by atoms with Crippen LogP contribution in [0.2, 0.25) is 0 Å². The van der Waals surface area contributed by atoms with Gasteiger partial charge in [-0.25, -0.2) is 4.98 Å². The van der Waals surface area contributed by atoms with E-state index >= 15 is 0 Å². The Morgan fingerprint density at radius 3 is 2.80 bits per heavy atom. The Morgan fingerprint density at radius 1 is 1.23 bits per heavy atom. The first-order valence-corrected chi connectivity index (χ1v) is 11.7. The summed E-state index contributed by atoms with van der Waals surface area (Å²) in [5, 5.41) is 1.22. The summed E-state index contributed by atoms with van der Waals surface area (Å²) in [7, 11) is 0. The van der Waals surface area contributed by atoms with Crippen LogP contribution in [-0.4, -0.2) is 42.1 Å². The van der Waals surface area contributed by atoms with Gasteiger partial charge in [0.1, 0.15) is 4.83 Å². The van der Waals surface area contributed by atoms with E-state index in [1.165, 1.54) is 27.8 Å². The normalized spacial score (nSPS) is 19.2. The van der Waals surface area contributed by atoms with Crippen LogP contribution in [0.4, 0.5) is 0 Å². The van der Waals surface area contributed by atoms with Gasteiger partial charge in [0.2, 0.25) is 0 Å². The number of hydrogen-bond acceptors (Lipinski definition) is 4. The van der Waals surface area contributed by atoms with E-state index in [0.717, 1.165) is 40.1 Å². The molecular weight excluding hydrogens is 392 g/mol. The van der Waals surface area contributed by atoms with Crippen LogP contribution in [0.25, 0.3) is 21.3 Å². The molecule has 2 aliphatic rings. The monoisotopic (exact) mass is 420 g/mol. The molecule has 0 N–H and O–H groups in total. The number of fused-ring (bicyclic) bond motifs is 3. The molecule has 3 aromatic rings. The molecule has 30 heavy (non-hydrogen) atoms. The topological polar surface area (TPSA) is 42.4 Å². The highest BCUT2D eigenvalue weighted by molar-refractivity contribution is 7.19. The molecule has 1 fully saturated rings. The second-order valence-electron chi connectivity index (χ2n) is 8.75. The quantitative estimate of drug-likeness (QED) is 0.574. The molecule has 1 unspecified atom stereocenters. The Hall–Kier alpha value is -2.24. The van der Waals surface area contributed by atoms with E-state index in [1.807, 2.05) is 23.2 Å². The van der Waals surface area contributed by atoms with Crippen molar-refractivity contribution in [1.82, 2.24) is 9.88 Å². The number of carbonyl (C=O) groups excluding carboxylic acids is 1. The van der Waals surface area contributed by atoms with Crippen molar-refractivity contribution in [2.75, 3.05) is 26.3 Å². The van der Waals surface area contributed by atoms with Gasteiger partial charge in [-0.3, -0.25) is 4.79 Å². The number of aromatic nitrogens is 1. The molecule has 1 aliphatic heterocycles. The molecule has 1 aliphatic carbocycles. The fourth-order valence-electron chi connectivity index (χ4n) is 4.86. The minimum Gasteiger partial charge on any atom is -0.378 e. The highest BCUT2D eigenvalue weighted by atomic mass is 32.1. The lowest BCUT2D eigenvalue weighted by atomic mass is 9.85. The first-order chi connectivity index (χ1) is 14.5. The third kappa shape index (κ3) is 3.34. The van der Waals surface area contributed by atoms with Gasteiger partial charge >= 0.3 is 0 Å². The van der Waals surface area contributed by atoms with Crippen LogP contribution in [0.5, 0.6) is 0 Å². The summed E-state index contributed by atoms with van der Waals surface area (Å²) >= 11 is 1.83. The van der Waals surface area contributed by atoms with Crippen molar-refractivity contribution in [3.63, 3.8) is 0 Å². The molecule has 0 radical (unpaired) electrons. The van der Waals surface area contributed by atoms with E-state index in [9.17, 15) is 4.79 Å². The van der Waals surface area contributed by atoms with Gasteiger partial charge in [0, 0.05) is 28.9 Å². The third-order valence-electron chi connectivity index (χ3n) is 6.44. The molecule has 4 nitrogen and oxygen atoms in total. The number of nitrogens with zero attached hydrogens (tertiary/aromatic N) is 2. The Kier molecular flexibility index (Phi) is 5.11. The number of rotatable bonds is 2. The molecule has 5 rings (SSSR count). The van der Waals surface area contributed by atoms with Crippen LogP contribution < -0.4 is 0 Å². The zero-order valence-corrected chi connectivity index (χ0v) is 18.8. The average molecular weight is 421 g/mol. The number of carbonyl (C=O) groups is 1. The molecule has 5 heteroatoms. The van der Waals surface area contributed by atoms with Crippen molar-refractivity contribution in [1.29, 1.82) is 0 Å². The van der Waals surface area contributed by atoms with E-state index < -0.39 is 0 Å². The van der Waals surface area contributed by atoms with Crippen LogP contribution >= 0.6 is 11.3 Å². The maximum Gasteiger partial charge on any atom is 0.256 e. The lowest BCUT2D eigenvalue weighted by Crippen LogP contribution is -2.41. The van der Waals surface area contributed by atoms with E-state index in [0.29, 0.717) is 32.2 Å². The SMILES string of the molecule is Cc1cccc(-c2c(C(=O)N3CCOCC3)c(C)nc3sc4c(c23)CCC(C)C4)c1. The maximum absolute atomic E-state index is 13.7. The summed E-state index contributed by atoms with van der Waals surface area (Å²) in [6.45, 7) is 8.93. The first kappa shape index (κ1) is 19.7. The number of ether oxygens (including phenoxy) is 1. The lowest BCUT2D eigenvalue weighted by molar-refractivity contribution is 0.0302. The van der Waals surface area contributed by atoms with Crippen molar-refractivity contribution in [2.24, 2.45) is 5.92 Å². The van der Waals surface area contributed by atoms with E-state index in [2.05, 4.69) is 38.1 Å². The van der Waals surface area contributed by atoms with Gasteiger partial charge in [-0.05, 0) is 50.2 Å². The summed E-state index contributed by atoms with van der Waals surface area (Å²) in [4.78, 5) is 23.2. The molecule has 1 aromatic carbocycles. The smallest absolute Gasteiger partial charge is 0.256 e. The highest BCUT2D eigenvalue weighted by Gasteiger charge is 2.30. The molecule has 0 spiro atoms. The summed E-state index contributed by atoms with van der Waals surface area (Å²) in [6.07, 6.45) is 3.40. The Balaban J connectivity index is 1.79. The predicted molar refractivity (Wildman–Crippen MR) is 122 cm³/mol. The molecule has 0 bridgehead atoms. The average Bonchev–Trinajstić information content (AvgIpc) is 3.09. The lowest BCUT2D eigenvalue weighted by Gasteiger charge is -2.28. The van der Waals surface area contributed by atoms with Gasteiger partial charge < -0.3 is 9.64 Å². The van der Waals surface area contributed by atoms with Crippen LogP contribution in [-0.2, 0) is 17.6 Å². The molecule has 1 saturated heterocycles. The minimum absolute atomic E-state index is 0.0887. The van der Waals surface area contributed by atoms with Crippen LogP contribution in [0, 0.1) is 19.8 Å².